The number of nitrogens with two attached hydrogens (primary N) is 1. The van der Waals surface area contributed by atoms with Crippen molar-refractivity contribution in [2.75, 3.05) is 23.7 Å². The summed E-state index contributed by atoms with van der Waals surface area (Å²) >= 11 is 0. The van der Waals surface area contributed by atoms with Crippen LogP contribution in [0.4, 0.5) is 5.69 Å². The summed E-state index contributed by atoms with van der Waals surface area (Å²) in [5.74, 6) is 0.112. The Morgan fingerprint density at radius 2 is 2.00 bits per heavy atom. The van der Waals surface area contributed by atoms with Gasteiger partial charge in [0.15, 0.2) is 0 Å². The van der Waals surface area contributed by atoms with Gasteiger partial charge in [-0.2, -0.15) is 0 Å². The molecular weight excluding hydrogens is 302 g/mol. The topological polar surface area (TPSA) is 92.5 Å². The number of anilines is 1. The van der Waals surface area contributed by atoms with Gasteiger partial charge in [0.1, 0.15) is 0 Å². The van der Waals surface area contributed by atoms with Gasteiger partial charge in [0.25, 0.3) is 5.91 Å². The molecule has 0 bridgehead atoms. The van der Waals surface area contributed by atoms with Crippen LogP contribution in [0.1, 0.15) is 29.6 Å². The van der Waals surface area contributed by atoms with Crippen LogP contribution in [0.25, 0.3) is 0 Å². The van der Waals surface area contributed by atoms with Gasteiger partial charge in [-0.15, -0.1) is 0 Å². The fourth-order valence-electron chi connectivity index (χ4n) is 2.93. The van der Waals surface area contributed by atoms with Crippen molar-refractivity contribution in [2.24, 2.45) is 11.7 Å². The number of amides is 1. The predicted molar refractivity (Wildman–Crippen MR) is 85.2 cm³/mol. The Kier molecular flexibility index (Phi) is 4.10. The smallest absolute Gasteiger partial charge is 0.250 e. The maximum atomic E-state index is 12.1. The van der Waals surface area contributed by atoms with Crippen molar-refractivity contribution < 1.29 is 13.2 Å². The summed E-state index contributed by atoms with van der Waals surface area (Å²) in [5, 5.41) is 0. The molecule has 1 saturated heterocycles. The molecule has 0 spiro atoms. The predicted octanol–water partition coefficient (Wildman–Crippen LogP) is 0.694. The SMILES string of the molecule is NC(=O)c1ccccc1N1CCC(NS(=O)(=O)CC2CC2)C1. The zero-order chi connectivity index (χ0) is 15.7. The van der Waals surface area contributed by atoms with Gasteiger partial charge >= 0.3 is 0 Å². The summed E-state index contributed by atoms with van der Waals surface area (Å²) in [7, 11) is -3.20. The molecule has 0 radical (unpaired) electrons. The van der Waals surface area contributed by atoms with E-state index in [9.17, 15) is 13.2 Å². The highest BCUT2D eigenvalue weighted by Crippen LogP contribution is 2.30. The number of sulfonamides is 1. The lowest BCUT2D eigenvalue weighted by molar-refractivity contribution is 0.100. The van der Waals surface area contributed by atoms with Gasteiger partial charge < -0.3 is 10.6 Å². The van der Waals surface area contributed by atoms with E-state index in [0.29, 0.717) is 24.6 Å². The van der Waals surface area contributed by atoms with E-state index in [1.54, 1.807) is 12.1 Å². The van der Waals surface area contributed by atoms with Crippen molar-refractivity contribution in [3.05, 3.63) is 29.8 Å². The first-order valence-electron chi connectivity index (χ1n) is 7.58. The molecule has 1 unspecified atom stereocenters. The zero-order valence-corrected chi connectivity index (χ0v) is 13.2. The summed E-state index contributed by atoms with van der Waals surface area (Å²) in [6, 6.07) is 7.07. The first-order valence-corrected chi connectivity index (χ1v) is 9.23. The third-order valence-electron chi connectivity index (χ3n) is 4.20. The molecule has 1 saturated carbocycles. The van der Waals surface area contributed by atoms with Crippen molar-refractivity contribution in [3.63, 3.8) is 0 Å². The van der Waals surface area contributed by atoms with Crippen LogP contribution in [0.5, 0.6) is 0 Å². The largest absolute Gasteiger partial charge is 0.369 e. The zero-order valence-electron chi connectivity index (χ0n) is 12.4. The van der Waals surface area contributed by atoms with Crippen LogP contribution >= 0.6 is 0 Å². The highest BCUT2D eigenvalue weighted by molar-refractivity contribution is 7.89. The Bertz CT molecular complexity index is 670. The summed E-state index contributed by atoms with van der Waals surface area (Å²) in [6.07, 6.45) is 2.77. The maximum Gasteiger partial charge on any atom is 0.250 e. The van der Waals surface area contributed by atoms with Crippen LogP contribution in [0.15, 0.2) is 24.3 Å². The summed E-state index contributed by atoms with van der Waals surface area (Å²) in [4.78, 5) is 13.5. The average Bonchev–Trinajstić information content (AvgIpc) is 3.13. The standard InChI is InChI=1S/C15H21N3O3S/c16-15(19)13-3-1-2-4-14(13)18-8-7-12(9-18)17-22(20,21)10-11-5-6-11/h1-4,11-12,17H,5-10H2,(H2,16,19). The number of nitrogens with one attached hydrogen (secondary N) is 1. The minimum Gasteiger partial charge on any atom is -0.369 e. The van der Waals surface area contributed by atoms with Gasteiger partial charge in [-0.25, -0.2) is 13.1 Å². The van der Waals surface area contributed by atoms with Crippen molar-refractivity contribution in [1.82, 2.24) is 4.72 Å². The Hall–Kier alpha value is -1.60. The van der Waals surface area contributed by atoms with Gasteiger partial charge in [-0.05, 0) is 37.3 Å². The number of hydrogen-bond donors (Lipinski definition) is 2. The van der Waals surface area contributed by atoms with E-state index in [4.69, 9.17) is 5.73 Å². The van der Waals surface area contributed by atoms with E-state index in [1.165, 1.54) is 0 Å². The quantitative estimate of drug-likeness (QED) is 0.806. The monoisotopic (exact) mass is 323 g/mol. The van der Waals surface area contributed by atoms with Gasteiger partial charge in [0.2, 0.25) is 10.0 Å². The number of rotatable bonds is 6. The molecule has 0 aromatic heterocycles. The lowest BCUT2D eigenvalue weighted by Gasteiger charge is -2.21. The van der Waals surface area contributed by atoms with Crippen LogP contribution < -0.4 is 15.4 Å². The molecule has 3 rings (SSSR count). The number of benzene rings is 1. The minimum atomic E-state index is -3.20. The molecule has 1 amide bonds. The highest BCUT2D eigenvalue weighted by Gasteiger charge is 2.32. The number of nitrogens with zero attached hydrogens (tertiary/aromatic N) is 1. The Labute approximate surface area is 130 Å². The molecule has 1 aromatic carbocycles. The van der Waals surface area contributed by atoms with Gasteiger partial charge in [-0.3, -0.25) is 4.79 Å². The van der Waals surface area contributed by atoms with Crippen LogP contribution in [-0.2, 0) is 10.0 Å². The number of primary amides is 1. The number of hydrogen-bond acceptors (Lipinski definition) is 4. The molecule has 1 atom stereocenters. The van der Waals surface area contributed by atoms with E-state index in [2.05, 4.69) is 4.72 Å². The molecular formula is C15H21N3O3S. The van der Waals surface area contributed by atoms with E-state index >= 15 is 0 Å². The molecule has 2 aliphatic rings. The average molecular weight is 323 g/mol. The van der Waals surface area contributed by atoms with Gasteiger partial charge in [0.05, 0.1) is 11.3 Å². The second kappa shape index (κ2) is 5.89. The third-order valence-corrected chi connectivity index (χ3v) is 5.80. The normalized spacial score (nSPS) is 22.0. The highest BCUT2D eigenvalue weighted by atomic mass is 32.2. The Morgan fingerprint density at radius 1 is 1.27 bits per heavy atom. The second-order valence-corrected chi connectivity index (χ2v) is 7.95. The van der Waals surface area contributed by atoms with Crippen molar-refractivity contribution in [1.29, 1.82) is 0 Å². The molecule has 1 aliphatic heterocycles. The van der Waals surface area contributed by atoms with Gasteiger partial charge in [-0.1, -0.05) is 12.1 Å². The van der Waals surface area contributed by atoms with Crippen molar-refractivity contribution in [2.45, 2.75) is 25.3 Å². The summed E-state index contributed by atoms with van der Waals surface area (Å²) in [6.45, 7) is 1.27. The lowest BCUT2D eigenvalue weighted by Crippen LogP contribution is -2.39. The van der Waals surface area contributed by atoms with E-state index in [0.717, 1.165) is 24.9 Å². The molecule has 1 heterocycles. The molecule has 6 nitrogen and oxygen atoms in total. The molecule has 1 aliphatic carbocycles. The second-order valence-electron chi connectivity index (χ2n) is 6.16. The van der Waals surface area contributed by atoms with Crippen molar-refractivity contribution in [3.8, 4) is 0 Å². The van der Waals surface area contributed by atoms with E-state index in [1.807, 2.05) is 17.0 Å². The van der Waals surface area contributed by atoms with Crippen molar-refractivity contribution >= 4 is 21.6 Å². The van der Waals surface area contributed by atoms with E-state index in [-0.39, 0.29) is 11.8 Å². The molecule has 120 valence electrons. The Balaban J connectivity index is 1.66. The Morgan fingerprint density at radius 3 is 2.68 bits per heavy atom. The first-order chi connectivity index (χ1) is 10.4. The lowest BCUT2D eigenvalue weighted by atomic mass is 10.1. The minimum absolute atomic E-state index is 0.107. The number of para-hydroxylation sites is 1. The van der Waals surface area contributed by atoms with Crippen LogP contribution in [0.3, 0.4) is 0 Å². The summed E-state index contributed by atoms with van der Waals surface area (Å²) in [5.41, 5.74) is 6.66. The summed E-state index contributed by atoms with van der Waals surface area (Å²) < 4.78 is 26.9. The number of carbonyl (C=O) groups excluding carboxylic acids is 1. The van der Waals surface area contributed by atoms with Crippen LogP contribution in [0, 0.1) is 5.92 Å². The van der Waals surface area contributed by atoms with Crippen LogP contribution in [0.2, 0.25) is 0 Å². The third kappa shape index (κ3) is 3.59. The maximum absolute atomic E-state index is 12.1. The molecule has 22 heavy (non-hydrogen) atoms. The van der Waals surface area contributed by atoms with E-state index < -0.39 is 15.9 Å². The number of carbonyl (C=O) groups is 1. The molecule has 2 fully saturated rings. The first kappa shape index (κ1) is 15.3. The molecule has 7 heteroatoms. The van der Waals surface area contributed by atoms with Crippen LogP contribution in [-0.4, -0.2) is 39.2 Å². The van der Waals surface area contributed by atoms with Gasteiger partial charge in [0, 0.05) is 24.8 Å². The molecule has 3 N–H and O–H groups in total. The molecule has 1 aromatic rings. The fraction of sp³-hybridized carbons (Fsp3) is 0.533. The fourth-order valence-corrected chi connectivity index (χ4v) is 4.68.